The number of carboxylic acids is 1. The molecule has 0 atom stereocenters. The van der Waals surface area contributed by atoms with E-state index in [0.29, 0.717) is 0 Å². The first-order valence-corrected chi connectivity index (χ1v) is 1.62. The predicted molar refractivity (Wildman–Crippen MR) is 25.6 cm³/mol. The third kappa shape index (κ3) is 4.77. The van der Waals surface area contributed by atoms with Gasteiger partial charge in [0.1, 0.15) is 0 Å². The Kier molecular flexibility index (Phi) is 2.46. The molecule has 0 saturated carbocycles. The minimum atomic E-state index is -1.13. The zero-order chi connectivity index (χ0) is 5.70. The van der Waals surface area contributed by atoms with Crippen LogP contribution in [0.5, 0.6) is 0 Å². The van der Waals surface area contributed by atoms with E-state index in [9.17, 15) is 4.79 Å². The fourth-order valence-electron chi connectivity index (χ4n) is 0.113. The highest BCUT2D eigenvalue weighted by atomic mass is 16.4. The number of aliphatic carboxylic acids is 1. The maximum atomic E-state index is 9.54. The summed E-state index contributed by atoms with van der Waals surface area (Å²) >= 11 is 0. The van der Waals surface area contributed by atoms with Crippen LogP contribution in [0, 0.1) is 11.8 Å². The van der Waals surface area contributed by atoms with Gasteiger partial charge in [-0.3, -0.25) is 0 Å². The van der Waals surface area contributed by atoms with Crippen molar-refractivity contribution in [1.29, 1.82) is 0 Å². The van der Waals surface area contributed by atoms with E-state index < -0.39 is 5.97 Å². The highest BCUT2D eigenvalue weighted by molar-refractivity contribution is 5.86. The molecule has 0 aliphatic carbocycles. The quantitative estimate of drug-likeness (QED) is 0.439. The van der Waals surface area contributed by atoms with Gasteiger partial charge in [0.2, 0.25) is 0 Å². The Morgan fingerprint density at radius 1 is 1.86 bits per heavy atom. The summed E-state index contributed by atoms with van der Waals surface area (Å²) in [4.78, 5) is 9.54. The van der Waals surface area contributed by atoms with E-state index in [1.165, 1.54) is 6.08 Å². The molecular formula is C5H4O2. The maximum Gasteiger partial charge on any atom is 0.382 e. The molecule has 7 heavy (non-hydrogen) atoms. The van der Waals surface area contributed by atoms with Crippen molar-refractivity contribution in [2.24, 2.45) is 0 Å². The number of carbonyl (C=O) groups is 1. The number of rotatable bonds is 0. The monoisotopic (exact) mass is 96.0 g/mol. The van der Waals surface area contributed by atoms with Gasteiger partial charge in [-0.15, -0.1) is 0 Å². The van der Waals surface area contributed by atoms with E-state index in [0.717, 1.165) is 0 Å². The minimum absolute atomic E-state index is 1.13. The fraction of sp³-hybridized carbons (Fsp3) is 0. The van der Waals surface area contributed by atoms with E-state index in [1.54, 1.807) is 0 Å². The van der Waals surface area contributed by atoms with Crippen LogP contribution in [0.15, 0.2) is 12.7 Å². The molecule has 0 heterocycles. The fourth-order valence-corrected chi connectivity index (χ4v) is 0.113. The predicted octanol–water partition coefficient (Wildman–Crippen LogP) is 0.260. The molecule has 1 N–H and O–H groups in total. The molecule has 0 spiro atoms. The van der Waals surface area contributed by atoms with Crippen LogP contribution in [0.3, 0.4) is 0 Å². The lowest BCUT2D eigenvalue weighted by molar-refractivity contribution is -0.130. The normalized spacial score (nSPS) is 5.71. The van der Waals surface area contributed by atoms with Gasteiger partial charge in [-0.2, -0.15) is 0 Å². The molecular weight excluding hydrogens is 92.1 g/mol. The lowest BCUT2D eigenvalue weighted by Crippen LogP contribution is -1.85. The molecule has 2 nitrogen and oxygen atoms in total. The summed E-state index contributed by atoms with van der Waals surface area (Å²) in [7, 11) is 0. The van der Waals surface area contributed by atoms with Crippen molar-refractivity contribution in [3.05, 3.63) is 12.7 Å². The number of allylic oxidation sites excluding steroid dienone is 1. The van der Waals surface area contributed by atoms with Gasteiger partial charge in [0.15, 0.2) is 0 Å². The van der Waals surface area contributed by atoms with Gasteiger partial charge in [-0.05, 0) is 6.08 Å². The van der Waals surface area contributed by atoms with Crippen molar-refractivity contribution < 1.29 is 9.90 Å². The van der Waals surface area contributed by atoms with Crippen LogP contribution in [0.1, 0.15) is 0 Å². The molecule has 0 radical (unpaired) electrons. The van der Waals surface area contributed by atoms with Gasteiger partial charge in [-0.1, -0.05) is 12.5 Å². The van der Waals surface area contributed by atoms with Gasteiger partial charge in [0.25, 0.3) is 0 Å². The van der Waals surface area contributed by atoms with Gasteiger partial charge >= 0.3 is 5.97 Å². The minimum Gasteiger partial charge on any atom is -0.472 e. The molecule has 0 aromatic heterocycles. The van der Waals surface area contributed by atoms with Crippen molar-refractivity contribution >= 4 is 5.97 Å². The van der Waals surface area contributed by atoms with Crippen molar-refractivity contribution in [3.63, 3.8) is 0 Å². The molecule has 0 fully saturated rings. The third-order valence-corrected chi connectivity index (χ3v) is 0.281. The van der Waals surface area contributed by atoms with Crippen LogP contribution in [0.25, 0.3) is 0 Å². The number of carboxylic acid groups (broad SMARTS) is 1. The SMILES string of the molecule is C=CC#CC(=O)O. The second-order valence-electron chi connectivity index (χ2n) is 0.779. The summed E-state index contributed by atoms with van der Waals surface area (Å²) in [6, 6.07) is 0. The zero-order valence-electron chi connectivity index (χ0n) is 3.64. The maximum absolute atomic E-state index is 9.54. The second-order valence-corrected chi connectivity index (χ2v) is 0.779. The van der Waals surface area contributed by atoms with E-state index >= 15 is 0 Å². The van der Waals surface area contributed by atoms with Gasteiger partial charge < -0.3 is 5.11 Å². The first kappa shape index (κ1) is 5.77. The molecule has 0 aromatic carbocycles. The largest absolute Gasteiger partial charge is 0.472 e. The van der Waals surface area contributed by atoms with Crippen molar-refractivity contribution in [2.75, 3.05) is 0 Å². The van der Waals surface area contributed by atoms with E-state index in [-0.39, 0.29) is 0 Å². The third-order valence-electron chi connectivity index (χ3n) is 0.281. The van der Waals surface area contributed by atoms with Crippen LogP contribution < -0.4 is 0 Å². The Morgan fingerprint density at radius 2 is 2.43 bits per heavy atom. The molecule has 0 bridgehead atoms. The van der Waals surface area contributed by atoms with Crippen molar-refractivity contribution in [1.82, 2.24) is 0 Å². The highest BCUT2D eigenvalue weighted by Crippen LogP contribution is 1.56. The van der Waals surface area contributed by atoms with Gasteiger partial charge in [-0.25, -0.2) is 4.79 Å². The molecule has 0 amide bonds. The molecule has 0 unspecified atom stereocenters. The first-order chi connectivity index (χ1) is 3.27. The van der Waals surface area contributed by atoms with Crippen LogP contribution in [0.4, 0.5) is 0 Å². The zero-order valence-corrected chi connectivity index (χ0v) is 3.64. The van der Waals surface area contributed by atoms with E-state index in [4.69, 9.17) is 5.11 Å². The molecule has 0 saturated heterocycles. The van der Waals surface area contributed by atoms with Crippen LogP contribution in [0.2, 0.25) is 0 Å². The summed E-state index contributed by atoms with van der Waals surface area (Å²) in [6.07, 6.45) is 1.23. The smallest absolute Gasteiger partial charge is 0.382 e. The summed E-state index contributed by atoms with van der Waals surface area (Å²) in [5.74, 6) is 2.88. The lowest BCUT2D eigenvalue weighted by atomic mass is 10.6. The molecule has 36 valence electrons. The van der Waals surface area contributed by atoms with E-state index in [2.05, 4.69) is 12.5 Å². The Balaban J connectivity index is 3.66. The van der Waals surface area contributed by atoms with Gasteiger partial charge in [0.05, 0.1) is 0 Å². The Bertz CT molecular complexity index is 136. The van der Waals surface area contributed by atoms with E-state index in [1.807, 2.05) is 5.92 Å². The molecule has 0 aliphatic rings. The average Bonchev–Trinajstić information content (AvgIpc) is 1.61. The lowest BCUT2D eigenvalue weighted by Gasteiger charge is -1.64. The van der Waals surface area contributed by atoms with Crippen molar-refractivity contribution in [3.8, 4) is 11.8 Å². The topological polar surface area (TPSA) is 37.3 Å². The van der Waals surface area contributed by atoms with Crippen LogP contribution in [-0.4, -0.2) is 11.1 Å². The average molecular weight is 96.1 g/mol. The summed E-state index contributed by atoms with van der Waals surface area (Å²) < 4.78 is 0. The second kappa shape index (κ2) is 2.98. The Morgan fingerprint density at radius 3 is 2.57 bits per heavy atom. The van der Waals surface area contributed by atoms with Crippen LogP contribution in [-0.2, 0) is 4.79 Å². The molecule has 0 aliphatic heterocycles. The Labute approximate surface area is 41.5 Å². The standard InChI is InChI=1S/C5H4O2/c1-2-3-4-5(6)7/h2H,1H2,(H,6,7). The van der Waals surface area contributed by atoms with Crippen molar-refractivity contribution in [2.45, 2.75) is 0 Å². The number of hydrogen-bond donors (Lipinski definition) is 1. The summed E-state index contributed by atoms with van der Waals surface area (Å²) in [5.41, 5.74) is 0. The molecule has 0 rings (SSSR count). The molecule has 2 heteroatoms. The summed E-state index contributed by atoms with van der Waals surface area (Å²) in [6.45, 7) is 3.20. The Hall–Kier alpha value is -1.23. The van der Waals surface area contributed by atoms with Gasteiger partial charge in [0, 0.05) is 5.92 Å². The number of hydrogen-bond acceptors (Lipinski definition) is 1. The molecule has 0 aromatic rings. The summed E-state index contributed by atoms with van der Waals surface area (Å²) in [5, 5.41) is 7.82. The highest BCUT2D eigenvalue weighted by Gasteiger charge is 1.77. The first-order valence-electron chi connectivity index (χ1n) is 1.62. The van der Waals surface area contributed by atoms with Crippen LogP contribution >= 0.6 is 0 Å².